The summed E-state index contributed by atoms with van der Waals surface area (Å²) < 4.78 is 0. The van der Waals surface area contributed by atoms with Gasteiger partial charge in [0.15, 0.2) is 17.5 Å². The van der Waals surface area contributed by atoms with Crippen LogP contribution in [0.2, 0.25) is 0 Å². The minimum Gasteiger partial charge on any atom is -0.264 e. The summed E-state index contributed by atoms with van der Waals surface area (Å²) in [6, 6.07) is 52.5. The van der Waals surface area contributed by atoms with Crippen LogP contribution in [0.4, 0.5) is 0 Å². The molecule has 0 bridgehead atoms. The van der Waals surface area contributed by atoms with Gasteiger partial charge in [-0.15, -0.1) is 0 Å². The van der Waals surface area contributed by atoms with Gasteiger partial charge in [-0.2, -0.15) is 0 Å². The molecule has 226 valence electrons. The molecule has 0 aliphatic heterocycles. The Morgan fingerprint density at radius 3 is 0.958 bits per heavy atom. The van der Waals surface area contributed by atoms with Crippen molar-refractivity contribution in [3.63, 3.8) is 0 Å². The Morgan fingerprint density at radius 1 is 0.250 bits per heavy atom. The van der Waals surface area contributed by atoms with Crippen LogP contribution in [-0.4, -0.2) is 29.9 Å². The first-order valence-electron chi connectivity index (χ1n) is 15.7. The Morgan fingerprint density at radius 2 is 0.562 bits per heavy atom. The van der Waals surface area contributed by atoms with Crippen molar-refractivity contribution in [1.82, 2.24) is 29.9 Å². The molecule has 0 unspecified atom stereocenters. The highest BCUT2D eigenvalue weighted by atomic mass is 15.0. The van der Waals surface area contributed by atoms with E-state index in [1.165, 1.54) is 0 Å². The molecule has 0 atom stereocenters. The first kappa shape index (κ1) is 28.8. The predicted molar refractivity (Wildman–Crippen MR) is 191 cm³/mol. The van der Waals surface area contributed by atoms with E-state index in [1.807, 2.05) is 128 Å². The lowest BCUT2D eigenvalue weighted by molar-refractivity contribution is 1.07. The molecule has 0 radical (unpaired) electrons. The summed E-state index contributed by atoms with van der Waals surface area (Å²) in [4.78, 5) is 29.7. The molecule has 0 aliphatic carbocycles. The van der Waals surface area contributed by atoms with Crippen molar-refractivity contribution in [3.05, 3.63) is 170 Å². The molecule has 0 fully saturated rings. The Kier molecular flexibility index (Phi) is 7.79. The van der Waals surface area contributed by atoms with E-state index < -0.39 is 0 Å². The number of nitrogens with zero attached hydrogens (tertiary/aromatic N) is 6. The number of benzene rings is 5. The zero-order valence-corrected chi connectivity index (χ0v) is 25.8. The molecular formula is C42H28N6. The number of hydrogen-bond donors (Lipinski definition) is 0. The van der Waals surface area contributed by atoms with Gasteiger partial charge in [0.1, 0.15) is 0 Å². The quantitative estimate of drug-likeness (QED) is 0.177. The van der Waals surface area contributed by atoms with E-state index in [9.17, 15) is 0 Å². The van der Waals surface area contributed by atoms with Crippen molar-refractivity contribution in [2.75, 3.05) is 0 Å². The topological polar surface area (TPSA) is 77.3 Å². The van der Waals surface area contributed by atoms with Gasteiger partial charge in [0.05, 0.1) is 22.8 Å². The summed E-state index contributed by atoms with van der Waals surface area (Å²) in [5.74, 6) is 1.84. The van der Waals surface area contributed by atoms with Crippen LogP contribution in [0.3, 0.4) is 0 Å². The molecule has 5 aromatic carbocycles. The summed E-state index contributed by atoms with van der Waals surface area (Å²) in [6.07, 6.45) is 3.60. The second-order valence-corrected chi connectivity index (χ2v) is 11.2. The highest BCUT2D eigenvalue weighted by molar-refractivity contribution is 5.86. The van der Waals surface area contributed by atoms with Crippen LogP contribution in [0, 0.1) is 0 Å². The smallest absolute Gasteiger partial charge is 0.164 e. The standard InChI is InChI=1S/C42H28N6/c1-5-14-29(15-6-1)36-37(30-16-7-2-8-17-30)45-39(35-22-13-27-43-28-35)38(44-36)31-23-25-34(26-24-31)42-47-40(32-18-9-3-10-19-32)46-41(48-42)33-20-11-4-12-21-33/h1-28H. The van der Waals surface area contributed by atoms with Crippen molar-refractivity contribution >= 4 is 0 Å². The molecule has 8 rings (SSSR count). The molecule has 3 aromatic heterocycles. The molecule has 0 N–H and O–H groups in total. The Bertz CT molecular complexity index is 2240. The molecular weight excluding hydrogens is 589 g/mol. The third kappa shape index (κ3) is 5.86. The van der Waals surface area contributed by atoms with Crippen molar-refractivity contribution in [3.8, 4) is 79.2 Å². The molecule has 0 amide bonds. The number of aromatic nitrogens is 6. The molecule has 0 saturated carbocycles. The fraction of sp³-hybridized carbons (Fsp3) is 0. The third-order valence-electron chi connectivity index (χ3n) is 8.04. The van der Waals surface area contributed by atoms with E-state index >= 15 is 0 Å². The normalized spacial score (nSPS) is 10.9. The monoisotopic (exact) mass is 616 g/mol. The van der Waals surface area contributed by atoms with E-state index in [0.717, 1.165) is 61.7 Å². The number of rotatable bonds is 7. The summed E-state index contributed by atoms with van der Waals surface area (Å²) >= 11 is 0. The lowest BCUT2D eigenvalue weighted by atomic mass is 9.99. The van der Waals surface area contributed by atoms with Crippen molar-refractivity contribution < 1.29 is 0 Å². The maximum Gasteiger partial charge on any atom is 0.164 e. The minimum atomic E-state index is 0.595. The van der Waals surface area contributed by atoms with Crippen LogP contribution in [0.25, 0.3) is 79.2 Å². The van der Waals surface area contributed by atoms with Gasteiger partial charge in [0.25, 0.3) is 0 Å². The van der Waals surface area contributed by atoms with Crippen LogP contribution in [0.1, 0.15) is 0 Å². The highest BCUT2D eigenvalue weighted by Crippen LogP contribution is 2.37. The zero-order valence-electron chi connectivity index (χ0n) is 25.8. The predicted octanol–water partition coefficient (Wildman–Crippen LogP) is 9.73. The van der Waals surface area contributed by atoms with E-state index in [2.05, 4.69) is 41.4 Å². The van der Waals surface area contributed by atoms with Gasteiger partial charge in [-0.1, -0.05) is 146 Å². The van der Waals surface area contributed by atoms with Crippen LogP contribution >= 0.6 is 0 Å². The molecule has 8 aromatic rings. The Hall–Kier alpha value is -6.66. The van der Waals surface area contributed by atoms with Gasteiger partial charge in [-0.05, 0) is 12.1 Å². The fourth-order valence-electron chi connectivity index (χ4n) is 5.65. The summed E-state index contributed by atoms with van der Waals surface area (Å²) in [5.41, 5.74) is 9.67. The molecule has 0 spiro atoms. The van der Waals surface area contributed by atoms with Crippen molar-refractivity contribution in [2.45, 2.75) is 0 Å². The van der Waals surface area contributed by atoms with Crippen LogP contribution in [0.5, 0.6) is 0 Å². The van der Waals surface area contributed by atoms with Gasteiger partial charge >= 0.3 is 0 Å². The second-order valence-electron chi connectivity index (χ2n) is 11.2. The Labute approximate surface area is 278 Å². The average molecular weight is 617 g/mol. The first-order valence-corrected chi connectivity index (χ1v) is 15.7. The highest BCUT2D eigenvalue weighted by Gasteiger charge is 2.20. The third-order valence-corrected chi connectivity index (χ3v) is 8.04. The number of pyridine rings is 1. The molecule has 0 aliphatic rings. The lowest BCUT2D eigenvalue weighted by Crippen LogP contribution is -2.01. The molecule has 0 saturated heterocycles. The average Bonchev–Trinajstić information content (AvgIpc) is 3.19. The molecule has 3 heterocycles. The van der Waals surface area contributed by atoms with E-state index in [-0.39, 0.29) is 0 Å². The fourth-order valence-corrected chi connectivity index (χ4v) is 5.65. The second kappa shape index (κ2) is 13.0. The van der Waals surface area contributed by atoms with Gasteiger partial charge in [0.2, 0.25) is 0 Å². The van der Waals surface area contributed by atoms with Crippen LogP contribution in [-0.2, 0) is 0 Å². The van der Waals surface area contributed by atoms with E-state index in [1.54, 1.807) is 6.20 Å². The van der Waals surface area contributed by atoms with Crippen LogP contribution in [0.15, 0.2) is 170 Å². The molecule has 48 heavy (non-hydrogen) atoms. The maximum absolute atomic E-state index is 5.34. The summed E-state index contributed by atoms with van der Waals surface area (Å²) in [7, 11) is 0. The zero-order chi connectivity index (χ0) is 32.1. The van der Waals surface area contributed by atoms with Crippen molar-refractivity contribution in [2.24, 2.45) is 0 Å². The van der Waals surface area contributed by atoms with Gasteiger partial charge in [-0.3, -0.25) is 4.98 Å². The van der Waals surface area contributed by atoms with Gasteiger partial charge in [-0.25, -0.2) is 24.9 Å². The van der Waals surface area contributed by atoms with Crippen molar-refractivity contribution in [1.29, 1.82) is 0 Å². The maximum atomic E-state index is 5.34. The summed E-state index contributed by atoms with van der Waals surface area (Å²) in [6.45, 7) is 0. The Balaban J connectivity index is 1.28. The van der Waals surface area contributed by atoms with Gasteiger partial charge in [0, 0.05) is 51.3 Å². The number of hydrogen-bond acceptors (Lipinski definition) is 6. The molecule has 6 heteroatoms. The minimum absolute atomic E-state index is 0.595. The first-order chi connectivity index (χ1) is 23.8. The lowest BCUT2D eigenvalue weighted by Gasteiger charge is -2.16. The largest absolute Gasteiger partial charge is 0.264 e. The SMILES string of the molecule is c1ccc(-c2nc(-c3ccccc3)nc(-c3ccc(-c4nc(-c5ccccc5)c(-c5ccccc5)nc4-c4cccnc4)cc3)n2)cc1. The summed E-state index contributed by atoms with van der Waals surface area (Å²) in [5, 5.41) is 0. The molecule has 6 nitrogen and oxygen atoms in total. The van der Waals surface area contributed by atoms with Gasteiger partial charge < -0.3 is 0 Å². The van der Waals surface area contributed by atoms with Crippen LogP contribution < -0.4 is 0 Å². The van der Waals surface area contributed by atoms with E-state index in [0.29, 0.717) is 17.5 Å². The van der Waals surface area contributed by atoms with E-state index in [4.69, 9.17) is 24.9 Å².